The first-order valence-electron chi connectivity index (χ1n) is 5.61. The van der Waals surface area contributed by atoms with E-state index in [2.05, 4.69) is 10.2 Å². The third kappa shape index (κ3) is 2.20. The number of nitrogens with zero attached hydrogens (tertiary/aromatic N) is 1. The fraction of sp³-hybridized carbons (Fsp3) is 0.231. The van der Waals surface area contributed by atoms with Gasteiger partial charge < -0.3 is 9.47 Å². The Bertz CT molecular complexity index is 549. The number of hydrogen-bond donors (Lipinski definition) is 1. The third-order valence-electron chi connectivity index (χ3n) is 2.51. The molecule has 5 nitrogen and oxygen atoms in total. The van der Waals surface area contributed by atoms with E-state index in [9.17, 15) is 4.79 Å². The highest BCUT2D eigenvalue weighted by atomic mass is 16.5. The topological polar surface area (TPSA) is 64.2 Å². The van der Waals surface area contributed by atoms with Gasteiger partial charge in [0.05, 0.1) is 25.6 Å². The average molecular weight is 246 g/mol. The SMILES string of the molecule is CCOC(=O)c1cn[nH]c1-c1ccccc1OC. The summed E-state index contributed by atoms with van der Waals surface area (Å²) in [4.78, 5) is 11.8. The van der Waals surface area contributed by atoms with Crippen LogP contribution in [-0.2, 0) is 4.74 Å². The molecule has 5 heteroatoms. The smallest absolute Gasteiger partial charge is 0.341 e. The van der Waals surface area contributed by atoms with Crippen LogP contribution in [0, 0.1) is 0 Å². The molecule has 0 fully saturated rings. The van der Waals surface area contributed by atoms with Gasteiger partial charge in [-0.25, -0.2) is 4.79 Å². The number of aromatic nitrogens is 2. The molecule has 0 aliphatic carbocycles. The van der Waals surface area contributed by atoms with Crippen LogP contribution >= 0.6 is 0 Å². The molecular formula is C13H14N2O3. The lowest BCUT2D eigenvalue weighted by molar-refractivity contribution is 0.0527. The number of para-hydroxylation sites is 1. The quantitative estimate of drug-likeness (QED) is 0.840. The number of carbonyl (C=O) groups excluding carboxylic acids is 1. The van der Waals surface area contributed by atoms with E-state index in [4.69, 9.17) is 9.47 Å². The molecule has 0 aliphatic rings. The molecule has 0 unspecified atom stereocenters. The highest BCUT2D eigenvalue weighted by Gasteiger charge is 2.18. The predicted molar refractivity (Wildman–Crippen MR) is 66.5 cm³/mol. The van der Waals surface area contributed by atoms with Gasteiger partial charge in [0.1, 0.15) is 11.3 Å². The Morgan fingerprint density at radius 2 is 2.17 bits per heavy atom. The maximum absolute atomic E-state index is 11.8. The lowest BCUT2D eigenvalue weighted by Gasteiger charge is -2.08. The van der Waals surface area contributed by atoms with Crippen molar-refractivity contribution in [3.63, 3.8) is 0 Å². The minimum absolute atomic E-state index is 0.329. The van der Waals surface area contributed by atoms with E-state index in [1.807, 2.05) is 24.3 Å². The van der Waals surface area contributed by atoms with E-state index in [1.165, 1.54) is 6.20 Å². The van der Waals surface area contributed by atoms with Gasteiger partial charge >= 0.3 is 5.97 Å². The number of nitrogens with one attached hydrogen (secondary N) is 1. The molecule has 0 bridgehead atoms. The van der Waals surface area contributed by atoms with Crippen molar-refractivity contribution in [1.82, 2.24) is 10.2 Å². The molecule has 18 heavy (non-hydrogen) atoms. The summed E-state index contributed by atoms with van der Waals surface area (Å²) in [6.45, 7) is 2.09. The highest BCUT2D eigenvalue weighted by Crippen LogP contribution is 2.30. The fourth-order valence-corrected chi connectivity index (χ4v) is 1.71. The maximum Gasteiger partial charge on any atom is 0.341 e. The molecule has 1 N–H and O–H groups in total. The summed E-state index contributed by atoms with van der Waals surface area (Å²) in [5, 5.41) is 6.70. The minimum atomic E-state index is -0.396. The zero-order chi connectivity index (χ0) is 13.0. The molecule has 0 spiro atoms. The summed E-state index contributed by atoms with van der Waals surface area (Å²) < 4.78 is 10.2. The van der Waals surface area contributed by atoms with E-state index in [0.29, 0.717) is 23.6 Å². The number of benzene rings is 1. The zero-order valence-corrected chi connectivity index (χ0v) is 10.3. The number of hydrogen-bond acceptors (Lipinski definition) is 4. The standard InChI is InChI=1S/C13H14N2O3/c1-3-18-13(16)10-8-14-15-12(10)9-6-4-5-7-11(9)17-2/h4-8H,3H2,1-2H3,(H,14,15). The summed E-state index contributed by atoms with van der Waals surface area (Å²) >= 11 is 0. The Labute approximate surface area is 105 Å². The molecule has 1 heterocycles. The summed E-state index contributed by atoms with van der Waals surface area (Å²) in [5.74, 6) is 0.277. The third-order valence-corrected chi connectivity index (χ3v) is 2.51. The van der Waals surface area contributed by atoms with Gasteiger partial charge in [-0.15, -0.1) is 0 Å². The van der Waals surface area contributed by atoms with Gasteiger partial charge in [0.15, 0.2) is 0 Å². The van der Waals surface area contributed by atoms with Crippen LogP contribution in [-0.4, -0.2) is 29.9 Å². The normalized spacial score (nSPS) is 10.1. The van der Waals surface area contributed by atoms with Gasteiger partial charge in [-0.3, -0.25) is 5.10 Å². The summed E-state index contributed by atoms with van der Waals surface area (Å²) in [6, 6.07) is 7.41. The number of H-pyrrole nitrogens is 1. The molecule has 0 amide bonds. The fourth-order valence-electron chi connectivity index (χ4n) is 1.71. The van der Waals surface area contributed by atoms with Gasteiger partial charge in [0.25, 0.3) is 0 Å². The molecule has 1 aromatic heterocycles. The van der Waals surface area contributed by atoms with E-state index < -0.39 is 5.97 Å². The predicted octanol–water partition coefficient (Wildman–Crippen LogP) is 2.26. The molecule has 0 atom stereocenters. The summed E-state index contributed by atoms with van der Waals surface area (Å²) in [5.41, 5.74) is 1.79. The first-order chi connectivity index (χ1) is 8.77. The van der Waals surface area contributed by atoms with Crippen molar-refractivity contribution in [3.05, 3.63) is 36.0 Å². The second-order valence-electron chi connectivity index (χ2n) is 3.58. The van der Waals surface area contributed by atoms with Gasteiger partial charge in [0.2, 0.25) is 0 Å². The zero-order valence-electron chi connectivity index (χ0n) is 10.3. The number of rotatable bonds is 4. The van der Waals surface area contributed by atoms with Crippen molar-refractivity contribution in [1.29, 1.82) is 0 Å². The average Bonchev–Trinajstić information content (AvgIpc) is 2.88. The van der Waals surface area contributed by atoms with Crippen LogP contribution in [0.15, 0.2) is 30.5 Å². The van der Waals surface area contributed by atoms with Crippen LogP contribution < -0.4 is 4.74 Å². The molecule has 0 saturated heterocycles. The number of carbonyl (C=O) groups is 1. The lowest BCUT2D eigenvalue weighted by Crippen LogP contribution is -2.05. The number of ether oxygens (including phenoxy) is 2. The highest BCUT2D eigenvalue weighted by molar-refractivity contribution is 5.96. The molecule has 0 aliphatic heterocycles. The van der Waals surface area contributed by atoms with E-state index >= 15 is 0 Å². The molecule has 1 aromatic carbocycles. The second-order valence-corrected chi connectivity index (χ2v) is 3.58. The second kappa shape index (κ2) is 5.35. The van der Waals surface area contributed by atoms with Gasteiger partial charge in [-0.05, 0) is 19.1 Å². The molecule has 0 saturated carbocycles. The van der Waals surface area contributed by atoms with Crippen LogP contribution in [0.5, 0.6) is 5.75 Å². The Balaban J connectivity index is 2.45. The van der Waals surface area contributed by atoms with Crippen molar-refractivity contribution in [2.75, 3.05) is 13.7 Å². The maximum atomic E-state index is 11.8. The van der Waals surface area contributed by atoms with Gasteiger partial charge in [-0.1, -0.05) is 12.1 Å². The van der Waals surface area contributed by atoms with Crippen LogP contribution in [0.2, 0.25) is 0 Å². The first kappa shape index (κ1) is 12.2. The van der Waals surface area contributed by atoms with E-state index in [0.717, 1.165) is 5.56 Å². The molecule has 0 radical (unpaired) electrons. The Hall–Kier alpha value is -2.30. The van der Waals surface area contributed by atoms with Crippen molar-refractivity contribution >= 4 is 5.97 Å². The summed E-state index contributed by atoms with van der Waals surface area (Å²) in [7, 11) is 1.58. The number of methoxy groups -OCH3 is 1. The van der Waals surface area contributed by atoms with Crippen LogP contribution in [0.3, 0.4) is 0 Å². The largest absolute Gasteiger partial charge is 0.496 e. The van der Waals surface area contributed by atoms with Crippen LogP contribution in [0.25, 0.3) is 11.3 Å². The molecule has 2 aromatic rings. The number of aromatic amines is 1. The first-order valence-corrected chi connectivity index (χ1v) is 5.61. The monoisotopic (exact) mass is 246 g/mol. The van der Waals surface area contributed by atoms with Crippen molar-refractivity contribution < 1.29 is 14.3 Å². The van der Waals surface area contributed by atoms with Gasteiger partial charge in [-0.2, -0.15) is 5.10 Å². The Kier molecular flexibility index (Phi) is 3.62. The minimum Gasteiger partial charge on any atom is -0.496 e. The molecule has 2 rings (SSSR count). The van der Waals surface area contributed by atoms with E-state index in [-0.39, 0.29) is 0 Å². The Morgan fingerprint density at radius 3 is 2.89 bits per heavy atom. The number of esters is 1. The lowest BCUT2D eigenvalue weighted by atomic mass is 10.1. The summed E-state index contributed by atoms with van der Waals surface area (Å²) in [6.07, 6.45) is 1.46. The molecular weight excluding hydrogens is 232 g/mol. The van der Waals surface area contributed by atoms with Crippen molar-refractivity contribution in [3.8, 4) is 17.0 Å². The van der Waals surface area contributed by atoms with Gasteiger partial charge in [0, 0.05) is 5.56 Å². The van der Waals surface area contributed by atoms with E-state index in [1.54, 1.807) is 14.0 Å². The van der Waals surface area contributed by atoms with Crippen molar-refractivity contribution in [2.45, 2.75) is 6.92 Å². The Morgan fingerprint density at radius 1 is 1.39 bits per heavy atom. The molecule has 94 valence electrons. The van der Waals surface area contributed by atoms with Crippen LogP contribution in [0.1, 0.15) is 17.3 Å². The van der Waals surface area contributed by atoms with Crippen molar-refractivity contribution in [2.24, 2.45) is 0 Å². The van der Waals surface area contributed by atoms with Crippen LogP contribution in [0.4, 0.5) is 0 Å².